The highest BCUT2D eigenvalue weighted by Gasteiger charge is 2.38. The van der Waals surface area contributed by atoms with Gasteiger partial charge in [-0.1, -0.05) is 18.2 Å². The number of urea groups is 1. The summed E-state index contributed by atoms with van der Waals surface area (Å²) in [6.45, 7) is 0. The maximum atomic E-state index is 12.1. The summed E-state index contributed by atoms with van der Waals surface area (Å²) in [4.78, 5) is 36.0. The Morgan fingerprint density at radius 2 is 2.00 bits per heavy atom. The zero-order valence-corrected chi connectivity index (χ0v) is 10.5. The SMILES string of the molecule is COC(=O)CC[C@H]1NC(=O)N(c2ccccc2)C1=O. The molecule has 0 aromatic heterocycles. The Morgan fingerprint density at radius 1 is 1.32 bits per heavy atom. The number of imide groups is 1. The van der Waals surface area contributed by atoms with Crippen molar-refractivity contribution in [2.45, 2.75) is 18.9 Å². The molecule has 0 radical (unpaired) electrons. The number of methoxy groups -OCH3 is 1. The van der Waals surface area contributed by atoms with Crippen molar-refractivity contribution >= 4 is 23.6 Å². The first-order chi connectivity index (χ1) is 9.13. The van der Waals surface area contributed by atoms with Crippen LogP contribution in [0.15, 0.2) is 30.3 Å². The average Bonchev–Trinajstić information content (AvgIpc) is 2.71. The van der Waals surface area contributed by atoms with Crippen molar-refractivity contribution in [2.75, 3.05) is 12.0 Å². The van der Waals surface area contributed by atoms with Gasteiger partial charge >= 0.3 is 12.0 Å². The third kappa shape index (κ3) is 2.73. The van der Waals surface area contributed by atoms with Gasteiger partial charge in [-0.05, 0) is 18.6 Å². The van der Waals surface area contributed by atoms with Crippen LogP contribution in [0.5, 0.6) is 0 Å². The van der Waals surface area contributed by atoms with Gasteiger partial charge in [0.05, 0.1) is 12.8 Å². The summed E-state index contributed by atoms with van der Waals surface area (Å²) < 4.78 is 4.51. The zero-order chi connectivity index (χ0) is 13.8. The predicted molar refractivity (Wildman–Crippen MR) is 67.5 cm³/mol. The van der Waals surface area contributed by atoms with Crippen molar-refractivity contribution in [3.8, 4) is 0 Å². The van der Waals surface area contributed by atoms with E-state index in [1.807, 2.05) is 0 Å². The van der Waals surface area contributed by atoms with Crippen LogP contribution >= 0.6 is 0 Å². The number of nitrogens with zero attached hydrogens (tertiary/aromatic N) is 1. The molecule has 0 aliphatic carbocycles. The maximum Gasteiger partial charge on any atom is 0.329 e. The molecule has 6 nitrogen and oxygen atoms in total. The molecule has 1 aliphatic rings. The molecule has 2 rings (SSSR count). The number of benzene rings is 1. The fourth-order valence-corrected chi connectivity index (χ4v) is 1.91. The molecule has 1 saturated heterocycles. The highest BCUT2D eigenvalue weighted by atomic mass is 16.5. The highest BCUT2D eigenvalue weighted by molar-refractivity contribution is 6.21. The lowest BCUT2D eigenvalue weighted by molar-refractivity contribution is -0.140. The molecule has 1 fully saturated rings. The van der Waals surface area contributed by atoms with Gasteiger partial charge in [-0.3, -0.25) is 9.59 Å². The first-order valence-electron chi connectivity index (χ1n) is 5.90. The fraction of sp³-hybridized carbons (Fsp3) is 0.308. The lowest BCUT2D eigenvalue weighted by Crippen LogP contribution is -2.31. The Labute approximate surface area is 110 Å². The molecule has 100 valence electrons. The number of carbonyl (C=O) groups excluding carboxylic acids is 3. The van der Waals surface area contributed by atoms with Crippen LogP contribution in [0.2, 0.25) is 0 Å². The van der Waals surface area contributed by atoms with Gasteiger partial charge in [-0.25, -0.2) is 9.69 Å². The normalized spacial score (nSPS) is 18.4. The van der Waals surface area contributed by atoms with Gasteiger partial charge in [0.2, 0.25) is 0 Å². The van der Waals surface area contributed by atoms with Gasteiger partial charge in [0.25, 0.3) is 5.91 Å². The lowest BCUT2D eigenvalue weighted by Gasteiger charge is -2.12. The number of rotatable bonds is 4. The summed E-state index contributed by atoms with van der Waals surface area (Å²) >= 11 is 0. The molecule has 0 spiro atoms. The van der Waals surface area contributed by atoms with E-state index in [2.05, 4.69) is 10.1 Å². The number of anilines is 1. The van der Waals surface area contributed by atoms with Crippen molar-refractivity contribution in [3.05, 3.63) is 30.3 Å². The number of amides is 3. The van der Waals surface area contributed by atoms with E-state index in [4.69, 9.17) is 0 Å². The number of nitrogens with one attached hydrogen (secondary N) is 1. The van der Waals surface area contributed by atoms with Crippen LogP contribution in [-0.2, 0) is 14.3 Å². The Morgan fingerprint density at radius 3 is 2.63 bits per heavy atom. The Hall–Kier alpha value is -2.37. The van der Waals surface area contributed by atoms with E-state index in [0.717, 1.165) is 4.90 Å². The quantitative estimate of drug-likeness (QED) is 0.650. The summed E-state index contributed by atoms with van der Waals surface area (Å²) in [5, 5.41) is 2.56. The lowest BCUT2D eigenvalue weighted by atomic mass is 10.1. The van der Waals surface area contributed by atoms with E-state index in [9.17, 15) is 14.4 Å². The minimum absolute atomic E-state index is 0.0931. The van der Waals surface area contributed by atoms with Crippen LogP contribution in [0.3, 0.4) is 0 Å². The number of hydrogen-bond acceptors (Lipinski definition) is 4. The van der Waals surface area contributed by atoms with Crippen molar-refractivity contribution < 1.29 is 19.1 Å². The molecule has 6 heteroatoms. The first-order valence-corrected chi connectivity index (χ1v) is 5.90. The third-order valence-electron chi connectivity index (χ3n) is 2.90. The topological polar surface area (TPSA) is 75.7 Å². The second-order valence-electron chi connectivity index (χ2n) is 4.13. The molecule has 1 N–H and O–H groups in total. The molecule has 1 atom stereocenters. The summed E-state index contributed by atoms with van der Waals surface area (Å²) in [5.74, 6) is -0.750. The van der Waals surface area contributed by atoms with Gasteiger partial charge in [-0.2, -0.15) is 0 Å². The fourth-order valence-electron chi connectivity index (χ4n) is 1.91. The number of hydrogen-bond donors (Lipinski definition) is 1. The van der Waals surface area contributed by atoms with Gasteiger partial charge in [-0.15, -0.1) is 0 Å². The number of para-hydroxylation sites is 1. The molecule has 1 heterocycles. The van der Waals surface area contributed by atoms with Crippen molar-refractivity contribution in [2.24, 2.45) is 0 Å². The molecule has 1 aromatic carbocycles. The van der Waals surface area contributed by atoms with E-state index in [1.165, 1.54) is 7.11 Å². The average molecular weight is 262 g/mol. The molecular weight excluding hydrogens is 248 g/mol. The summed E-state index contributed by atoms with van der Waals surface area (Å²) in [6, 6.07) is 7.52. The minimum atomic E-state index is -0.674. The van der Waals surface area contributed by atoms with Crippen LogP contribution in [0.25, 0.3) is 0 Å². The van der Waals surface area contributed by atoms with Gasteiger partial charge < -0.3 is 10.1 Å². The van der Waals surface area contributed by atoms with Gasteiger partial charge in [0.1, 0.15) is 6.04 Å². The first kappa shape index (κ1) is 13.1. The van der Waals surface area contributed by atoms with E-state index in [1.54, 1.807) is 30.3 Å². The van der Waals surface area contributed by atoms with E-state index < -0.39 is 18.0 Å². The monoisotopic (exact) mass is 262 g/mol. The van der Waals surface area contributed by atoms with Crippen LogP contribution < -0.4 is 10.2 Å². The van der Waals surface area contributed by atoms with E-state index in [0.29, 0.717) is 5.69 Å². The smallest absolute Gasteiger partial charge is 0.329 e. The largest absolute Gasteiger partial charge is 0.469 e. The predicted octanol–water partition coefficient (Wildman–Crippen LogP) is 1.06. The minimum Gasteiger partial charge on any atom is -0.469 e. The maximum absolute atomic E-state index is 12.1. The molecule has 0 bridgehead atoms. The molecule has 3 amide bonds. The van der Waals surface area contributed by atoms with Gasteiger partial charge in [0.15, 0.2) is 0 Å². The Balaban J connectivity index is 2.07. The van der Waals surface area contributed by atoms with Crippen molar-refractivity contribution in [3.63, 3.8) is 0 Å². The van der Waals surface area contributed by atoms with Crippen LogP contribution in [0, 0.1) is 0 Å². The zero-order valence-electron chi connectivity index (χ0n) is 10.5. The summed E-state index contributed by atoms with van der Waals surface area (Å²) in [7, 11) is 1.29. The van der Waals surface area contributed by atoms with Crippen molar-refractivity contribution in [1.82, 2.24) is 5.32 Å². The van der Waals surface area contributed by atoms with E-state index in [-0.39, 0.29) is 18.7 Å². The van der Waals surface area contributed by atoms with Crippen LogP contribution in [-0.4, -0.2) is 31.1 Å². The number of esters is 1. The third-order valence-corrected chi connectivity index (χ3v) is 2.90. The summed E-state index contributed by atoms with van der Waals surface area (Å²) in [6.07, 6.45) is 0.330. The molecule has 1 aliphatic heterocycles. The summed E-state index contributed by atoms with van der Waals surface area (Å²) in [5.41, 5.74) is 0.519. The second-order valence-corrected chi connectivity index (χ2v) is 4.13. The molecule has 19 heavy (non-hydrogen) atoms. The Kier molecular flexibility index (Phi) is 3.79. The second kappa shape index (κ2) is 5.51. The molecule has 1 aromatic rings. The van der Waals surface area contributed by atoms with E-state index >= 15 is 0 Å². The molecule has 0 unspecified atom stereocenters. The van der Waals surface area contributed by atoms with Crippen LogP contribution in [0.4, 0.5) is 10.5 Å². The Bertz CT molecular complexity index is 501. The molecule has 0 saturated carbocycles. The highest BCUT2D eigenvalue weighted by Crippen LogP contribution is 2.20. The van der Waals surface area contributed by atoms with Gasteiger partial charge in [0, 0.05) is 6.42 Å². The van der Waals surface area contributed by atoms with Crippen molar-refractivity contribution in [1.29, 1.82) is 0 Å². The molecular formula is C13H14N2O4. The standard InChI is InChI=1S/C13H14N2O4/c1-19-11(16)8-7-10-12(17)15(13(18)14-10)9-5-3-2-4-6-9/h2-6,10H,7-8H2,1H3,(H,14,18)/t10-/m1/s1. The number of carbonyl (C=O) groups is 3. The number of ether oxygens (including phenoxy) is 1. The van der Waals surface area contributed by atoms with Crippen LogP contribution in [0.1, 0.15) is 12.8 Å².